The topological polar surface area (TPSA) is 41.6 Å². The number of fused-ring (bicyclic) bond motifs is 1. The van der Waals surface area contributed by atoms with Crippen molar-refractivity contribution in [1.82, 2.24) is 4.90 Å². The van der Waals surface area contributed by atoms with Crippen LogP contribution in [0.4, 0.5) is 10.5 Å². The number of nitrogens with one attached hydrogen (secondary N) is 1. The van der Waals surface area contributed by atoms with E-state index in [1.54, 1.807) is 4.90 Å². The Morgan fingerprint density at radius 3 is 2.52 bits per heavy atom. The molecule has 1 heterocycles. The van der Waals surface area contributed by atoms with Crippen molar-refractivity contribution < 1.29 is 9.53 Å². The average Bonchev–Trinajstić information content (AvgIpc) is 2.83. The SMILES string of the molecule is CC(C)(C)OC(=O)N1CCc2ccc(Cl)c(NCc3ccccc3)c2CC1. The Kier molecular flexibility index (Phi) is 5.95. The first-order chi connectivity index (χ1) is 12.8. The molecule has 0 bridgehead atoms. The van der Waals surface area contributed by atoms with E-state index in [1.807, 2.05) is 45.0 Å². The minimum atomic E-state index is -0.484. The number of carbonyl (C=O) groups excluding carboxylic acids is 1. The first-order valence-corrected chi connectivity index (χ1v) is 9.77. The monoisotopic (exact) mass is 386 g/mol. The van der Waals surface area contributed by atoms with Crippen LogP contribution in [-0.2, 0) is 24.1 Å². The largest absolute Gasteiger partial charge is 0.444 e. The van der Waals surface area contributed by atoms with E-state index in [0.29, 0.717) is 19.6 Å². The molecule has 1 aliphatic rings. The van der Waals surface area contributed by atoms with Crippen molar-refractivity contribution in [3.05, 3.63) is 64.2 Å². The van der Waals surface area contributed by atoms with E-state index in [-0.39, 0.29) is 6.09 Å². The number of hydrogen-bond acceptors (Lipinski definition) is 3. The van der Waals surface area contributed by atoms with E-state index in [4.69, 9.17) is 16.3 Å². The van der Waals surface area contributed by atoms with Crippen molar-refractivity contribution in [1.29, 1.82) is 0 Å². The van der Waals surface area contributed by atoms with Crippen LogP contribution in [0.15, 0.2) is 42.5 Å². The number of benzene rings is 2. The van der Waals surface area contributed by atoms with Gasteiger partial charge in [0, 0.05) is 19.6 Å². The fourth-order valence-electron chi connectivity index (χ4n) is 3.28. The van der Waals surface area contributed by atoms with E-state index >= 15 is 0 Å². The molecule has 4 nitrogen and oxygen atoms in total. The van der Waals surface area contributed by atoms with Gasteiger partial charge in [0.1, 0.15) is 5.60 Å². The molecule has 0 fully saturated rings. The van der Waals surface area contributed by atoms with Crippen molar-refractivity contribution in [2.75, 3.05) is 18.4 Å². The highest BCUT2D eigenvalue weighted by Crippen LogP contribution is 2.32. The van der Waals surface area contributed by atoms with Crippen molar-refractivity contribution >= 4 is 23.4 Å². The predicted molar refractivity (Wildman–Crippen MR) is 110 cm³/mol. The summed E-state index contributed by atoms with van der Waals surface area (Å²) in [7, 11) is 0. The highest BCUT2D eigenvalue weighted by Gasteiger charge is 2.25. The molecule has 3 rings (SSSR count). The minimum absolute atomic E-state index is 0.250. The molecule has 0 radical (unpaired) electrons. The normalized spacial score (nSPS) is 14.3. The summed E-state index contributed by atoms with van der Waals surface area (Å²) in [6.45, 7) is 7.67. The number of nitrogens with zero attached hydrogens (tertiary/aromatic N) is 1. The Balaban J connectivity index is 1.75. The molecule has 27 heavy (non-hydrogen) atoms. The molecule has 0 spiro atoms. The predicted octanol–water partition coefficient (Wildman–Crippen LogP) is 5.29. The summed E-state index contributed by atoms with van der Waals surface area (Å²) in [5.41, 5.74) is 4.13. The Morgan fingerprint density at radius 2 is 1.81 bits per heavy atom. The maximum atomic E-state index is 12.4. The molecule has 0 unspecified atom stereocenters. The molecule has 2 aromatic rings. The number of ether oxygens (including phenoxy) is 1. The molecule has 5 heteroatoms. The quantitative estimate of drug-likeness (QED) is 0.779. The van der Waals surface area contributed by atoms with E-state index < -0.39 is 5.60 Å². The molecule has 1 aliphatic heterocycles. The Morgan fingerprint density at radius 1 is 1.11 bits per heavy atom. The molecule has 0 aliphatic carbocycles. The number of rotatable bonds is 3. The third-order valence-electron chi connectivity index (χ3n) is 4.61. The van der Waals surface area contributed by atoms with Gasteiger partial charge in [0.15, 0.2) is 0 Å². The van der Waals surface area contributed by atoms with Crippen LogP contribution in [0.2, 0.25) is 5.02 Å². The van der Waals surface area contributed by atoms with Gasteiger partial charge in [-0.3, -0.25) is 0 Å². The lowest BCUT2D eigenvalue weighted by Gasteiger charge is -2.26. The van der Waals surface area contributed by atoms with Crippen LogP contribution in [0.1, 0.15) is 37.5 Å². The van der Waals surface area contributed by atoms with E-state index in [9.17, 15) is 4.79 Å². The number of hydrogen-bond donors (Lipinski definition) is 1. The Bertz CT molecular complexity index is 800. The van der Waals surface area contributed by atoms with Gasteiger partial charge in [0.25, 0.3) is 0 Å². The lowest BCUT2D eigenvalue weighted by atomic mass is 10.0. The van der Waals surface area contributed by atoms with Crippen LogP contribution < -0.4 is 5.32 Å². The van der Waals surface area contributed by atoms with Gasteiger partial charge in [0.2, 0.25) is 0 Å². The highest BCUT2D eigenvalue weighted by atomic mass is 35.5. The number of carbonyl (C=O) groups is 1. The maximum Gasteiger partial charge on any atom is 0.410 e. The fourth-order valence-corrected chi connectivity index (χ4v) is 3.53. The van der Waals surface area contributed by atoms with Crippen molar-refractivity contribution in [2.24, 2.45) is 0 Å². The molecule has 0 saturated carbocycles. The second-order valence-corrected chi connectivity index (χ2v) is 8.27. The summed E-state index contributed by atoms with van der Waals surface area (Å²) < 4.78 is 5.54. The van der Waals surface area contributed by atoms with E-state index in [1.165, 1.54) is 16.7 Å². The molecular formula is C22H27ClN2O2. The van der Waals surface area contributed by atoms with Gasteiger partial charge in [-0.05, 0) is 56.4 Å². The zero-order chi connectivity index (χ0) is 19.4. The number of halogens is 1. The summed E-state index contributed by atoms with van der Waals surface area (Å²) in [5.74, 6) is 0. The van der Waals surface area contributed by atoms with Crippen molar-refractivity contribution in [2.45, 2.75) is 45.8 Å². The Hall–Kier alpha value is -2.20. The lowest BCUT2D eigenvalue weighted by molar-refractivity contribution is 0.0258. The van der Waals surface area contributed by atoms with Crippen LogP contribution in [0.5, 0.6) is 0 Å². The van der Waals surface area contributed by atoms with Crippen LogP contribution in [-0.4, -0.2) is 29.7 Å². The summed E-state index contributed by atoms with van der Waals surface area (Å²) in [6.07, 6.45) is 1.30. The second kappa shape index (κ2) is 8.22. The zero-order valence-corrected chi connectivity index (χ0v) is 17.0. The minimum Gasteiger partial charge on any atom is -0.444 e. The van der Waals surface area contributed by atoms with Crippen molar-refractivity contribution in [3.8, 4) is 0 Å². The van der Waals surface area contributed by atoms with Gasteiger partial charge in [-0.15, -0.1) is 0 Å². The molecule has 2 aromatic carbocycles. The molecule has 1 N–H and O–H groups in total. The summed E-state index contributed by atoms with van der Waals surface area (Å²) in [4.78, 5) is 14.2. The van der Waals surface area contributed by atoms with Gasteiger partial charge in [-0.2, -0.15) is 0 Å². The molecule has 0 aromatic heterocycles. The third-order valence-corrected chi connectivity index (χ3v) is 4.92. The zero-order valence-electron chi connectivity index (χ0n) is 16.2. The smallest absolute Gasteiger partial charge is 0.410 e. The standard InChI is InChI=1S/C22H27ClN2O2/c1-22(2,3)27-21(26)25-13-11-17-9-10-19(23)20(18(17)12-14-25)24-15-16-7-5-4-6-8-16/h4-10,24H,11-15H2,1-3H3. The third kappa shape index (κ3) is 5.16. The number of anilines is 1. The van der Waals surface area contributed by atoms with Gasteiger partial charge in [-0.25, -0.2) is 4.79 Å². The first kappa shape index (κ1) is 19.6. The molecule has 144 valence electrons. The summed E-state index contributed by atoms with van der Waals surface area (Å²) in [6, 6.07) is 14.3. The molecule has 1 amide bonds. The van der Waals surface area contributed by atoms with Crippen LogP contribution >= 0.6 is 11.6 Å². The Labute approximate surface area is 166 Å². The first-order valence-electron chi connectivity index (χ1n) is 9.39. The van der Waals surface area contributed by atoms with Crippen LogP contribution in [0.25, 0.3) is 0 Å². The maximum absolute atomic E-state index is 12.4. The van der Waals surface area contributed by atoms with Gasteiger partial charge in [0.05, 0.1) is 10.7 Å². The number of amides is 1. The van der Waals surface area contributed by atoms with Gasteiger partial charge < -0.3 is 15.0 Å². The van der Waals surface area contributed by atoms with E-state index in [2.05, 4.69) is 23.5 Å². The lowest BCUT2D eigenvalue weighted by Crippen LogP contribution is -2.38. The van der Waals surface area contributed by atoms with Crippen molar-refractivity contribution in [3.63, 3.8) is 0 Å². The van der Waals surface area contributed by atoms with Crippen LogP contribution in [0.3, 0.4) is 0 Å². The highest BCUT2D eigenvalue weighted by molar-refractivity contribution is 6.33. The van der Waals surface area contributed by atoms with E-state index in [0.717, 1.165) is 23.6 Å². The summed E-state index contributed by atoms with van der Waals surface area (Å²) in [5, 5.41) is 4.22. The fraction of sp³-hybridized carbons (Fsp3) is 0.409. The molecule has 0 atom stereocenters. The average molecular weight is 387 g/mol. The molecule has 0 saturated heterocycles. The second-order valence-electron chi connectivity index (χ2n) is 7.87. The summed E-state index contributed by atoms with van der Waals surface area (Å²) >= 11 is 6.50. The van der Waals surface area contributed by atoms with Crippen LogP contribution in [0, 0.1) is 0 Å². The van der Waals surface area contributed by atoms with Gasteiger partial charge >= 0.3 is 6.09 Å². The van der Waals surface area contributed by atoms with Gasteiger partial charge in [-0.1, -0.05) is 48.0 Å². The molecular weight excluding hydrogens is 360 g/mol.